The number of carbonyl (C=O) groups is 4. The van der Waals surface area contributed by atoms with Crippen molar-refractivity contribution >= 4 is 23.7 Å². The van der Waals surface area contributed by atoms with E-state index in [4.69, 9.17) is 16.2 Å². The Labute approximate surface area is 231 Å². The van der Waals surface area contributed by atoms with Gasteiger partial charge in [0.2, 0.25) is 17.7 Å². The van der Waals surface area contributed by atoms with Gasteiger partial charge >= 0.3 is 5.97 Å². The second-order valence-electron chi connectivity index (χ2n) is 10.2. The smallest absolute Gasteiger partial charge is 0.306 e. The van der Waals surface area contributed by atoms with E-state index in [0.29, 0.717) is 38.6 Å². The van der Waals surface area contributed by atoms with Gasteiger partial charge in [0.15, 0.2) is 0 Å². The van der Waals surface area contributed by atoms with Gasteiger partial charge in [-0.1, -0.05) is 74.5 Å². The topological polar surface area (TPSA) is 154 Å². The van der Waals surface area contributed by atoms with Crippen molar-refractivity contribution in [1.29, 1.82) is 0 Å². The Hall–Kier alpha value is -3.72. The van der Waals surface area contributed by atoms with E-state index in [-0.39, 0.29) is 18.9 Å². The third-order valence-corrected chi connectivity index (χ3v) is 6.30. The minimum Gasteiger partial charge on any atom is -0.461 e. The van der Waals surface area contributed by atoms with Crippen LogP contribution in [0, 0.1) is 11.8 Å². The molecule has 3 amide bonds. The largest absolute Gasteiger partial charge is 0.461 e. The molecule has 0 saturated heterocycles. The molecule has 6 N–H and O–H groups in total. The van der Waals surface area contributed by atoms with Gasteiger partial charge in [0.05, 0.1) is 12.3 Å². The molecule has 0 heterocycles. The zero-order valence-electron chi connectivity index (χ0n) is 22.9. The zero-order chi connectivity index (χ0) is 28.6. The van der Waals surface area contributed by atoms with Gasteiger partial charge in [0, 0.05) is 0 Å². The number of rotatable bonds is 17. The molecule has 39 heavy (non-hydrogen) atoms. The zero-order valence-corrected chi connectivity index (χ0v) is 22.9. The third-order valence-electron chi connectivity index (χ3n) is 6.30. The lowest BCUT2D eigenvalue weighted by atomic mass is 9.94. The second-order valence-corrected chi connectivity index (χ2v) is 10.2. The number of hydrogen-bond acceptors (Lipinski definition) is 6. The predicted octanol–water partition coefficient (Wildman–Crippen LogP) is 2.61. The number of hydrogen-bond donors (Lipinski definition) is 4. The number of esters is 1. The Morgan fingerprint density at radius 2 is 1.41 bits per heavy atom. The molecule has 2 rings (SSSR count). The fraction of sp³-hybridized carbons (Fsp3) is 0.467. The summed E-state index contributed by atoms with van der Waals surface area (Å²) in [5.74, 6) is -2.75. The Kier molecular flexibility index (Phi) is 13.7. The Morgan fingerprint density at radius 1 is 0.821 bits per heavy atom. The molecule has 0 spiro atoms. The fourth-order valence-electron chi connectivity index (χ4n) is 4.20. The molecule has 0 fully saturated rings. The first kappa shape index (κ1) is 31.5. The lowest BCUT2D eigenvalue weighted by molar-refractivity contribution is -0.148. The van der Waals surface area contributed by atoms with Gasteiger partial charge < -0.3 is 26.8 Å². The molecule has 0 radical (unpaired) electrons. The minimum absolute atomic E-state index is 0.0775. The number of nitrogens with two attached hydrogens (primary N) is 2. The maximum atomic E-state index is 13.5. The molecule has 0 bridgehead atoms. The van der Waals surface area contributed by atoms with Crippen LogP contribution in [-0.4, -0.2) is 42.3 Å². The van der Waals surface area contributed by atoms with Gasteiger partial charge in [-0.05, 0) is 55.7 Å². The molecule has 3 atom stereocenters. The molecule has 9 heteroatoms. The van der Waals surface area contributed by atoms with E-state index >= 15 is 0 Å². The highest BCUT2D eigenvalue weighted by Crippen LogP contribution is 2.16. The van der Waals surface area contributed by atoms with Crippen molar-refractivity contribution in [3.05, 3.63) is 71.8 Å². The molecule has 2 aromatic rings. The summed E-state index contributed by atoms with van der Waals surface area (Å²) in [6.45, 7) is 4.45. The first-order chi connectivity index (χ1) is 18.7. The maximum Gasteiger partial charge on any atom is 0.306 e. The highest BCUT2D eigenvalue weighted by atomic mass is 16.5. The predicted molar refractivity (Wildman–Crippen MR) is 150 cm³/mol. The first-order valence-electron chi connectivity index (χ1n) is 13.5. The molecule has 2 aromatic carbocycles. The lowest BCUT2D eigenvalue weighted by Crippen LogP contribution is -2.54. The van der Waals surface area contributed by atoms with Gasteiger partial charge in [-0.3, -0.25) is 19.2 Å². The molecule has 0 aliphatic carbocycles. The normalized spacial score (nSPS) is 13.2. The van der Waals surface area contributed by atoms with E-state index in [2.05, 4.69) is 10.6 Å². The van der Waals surface area contributed by atoms with E-state index in [1.165, 1.54) is 0 Å². The van der Waals surface area contributed by atoms with Gasteiger partial charge in [0.1, 0.15) is 18.7 Å². The molecule has 0 saturated carbocycles. The van der Waals surface area contributed by atoms with Crippen LogP contribution < -0.4 is 22.1 Å². The molecular weight excluding hydrogens is 496 g/mol. The molecule has 212 valence electrons. The summed E-state index contributed by atoms with van der Waals surface area (Å²) in [6, 6.07) is 16.9. The summed E-state index contributed by atoms with van der Waals surface area (Å²) in [7, 11) is 0. The van der Waals surface area contributed by atoms with Crippen LogP contribution >= 0.6 is 0 Å². The minimum atomic E-state index is -0.896. The first-order valence-corrected chi connectivity index (χ1v) is 13.5. The highest BCUT2D eigenvalue weighted by molar-refractivity contribution is 5.92. The summed E-state index contributed by atoms with van der Waals surface area (Å²) in [6.07, 6.45) is 2.20. The van der Waals surface area contributed by atoms with Crippen molar-refractivity contribution in [3.63, 3.8) is 0 Å². The van der Waals surface area contributed by atoms with Crippen LogP contribution in [0.1, 0.15) is 57.1 Å². The van der Waals surface area contributed by atoms with Gasteiger partial charge in [-0.15, -0.1) is 0 Å². The van der Waals surface area contributed by atoms with Gasteiger partial charge in [-0.2, -0.15) is 0 Å². The summed E-state index contributed by atoms with van der Waals surface area (Å²) in [5, 5.41) is 5.52. The highest BCUT2D eigenvalue weighted by Gasteiger charge is 2.30. The molecule has 0 aliphatic heterocycles. The van der Waals surface area contributed by atoms with Crippen LogP contribution in [0.25, 0.3) is 0 Å². The number of primary amides is 1. The monoisotopic (exact) mass is 538 g/mol. The number of benzene rings is 2. The standard InChI is InChI=1S/C30H42N4O5/c1-21(2)17-26(30(38)33-25(28(32)36)15-9-10-16-31)34-29(37)24(18-22-11-5-3-6-12-22)19-27(35)39-20-23-13-7-4-8-14-23/h3-8,11-14,21,24-26H,9-10,15-20,31H2,1-2H3,(H2,32,36)(H,33,38)(H,34,37)/t24-,25+,26+/m1/s1. The summed E-state index contributed by atoms with van der Waals surface area (Å²) in [4.78, 5) is 51.3. The van der Waals surface area contributed by atoms with Crippen molar-refractivity contribution in [2.24, 2.45) is 23.3 Å². The van der Waals surface area contributed by atoms with Crippen LogP contribution in [0.3, 0.4) is 0 Å². The van der Waals surface area contributed by atoms with E-state index in [1.54, 1.807) is 0 Å². The van der Waals surface area contributed by atoms with Crippen molar-refractivity contribution in [2.45, 2.75) is 71.1 Å². The second kappa shape index (κ2) is 17.0. The van der Waals surface area contributed by atoms with Crippen molar-refractivity contribution in [2.75, 3.05) is 6.54 Å². The lowest BCUT2D eigenvalue weighted by Gasteiger charge is -2.25. The molecule has 0 aliphatic rings. The quantitative estimate of drug-likeness (QED) is 0.179. The van der Waals surface area contributed by atoms with E-state index < -0.39 is 41.7 Å². The molecule has 9 nitrogen and oxygen atoms in total. The van der Waals surface area contributed by atoms with Crippen molar-refractivity contribution < 1.29 is 23.9 Å². The Morgan fingerprint density at radius 3 is 1.97 bits per heavy atom. The van der Waals surface area contributed by atoms with E-state index in [1.807, 2.05) is 74.5 Å². The Bertz CT molecular complexity index is 1050. The van der Waals surface area contributed by atoms with Crippen LogP contribution in [-0.2, 0) is 36.9 Å². The van der Waals surface area contributed by atoms with Crippen molar-refractivity contribution in [3.8, 4) is 0 Å². The number of unbranched alkanes of at least 4 members (excludes halogenated alkanes) is 1. The number of amides is 3. The van der Waals surface area contributed by atoms with Crippen LogP contribution in [0.4, 0.5) is 0 Å². The fourth-order valence-corrected chi connectivity index (χ4v) is 4.20. The third kappa shape index (κ3) is 12.1. The van der Waals surface area contributed by atoms with Crippen LogP contribution in [0.15, 0.2) is 60.7 Å². The van der Waals surface area contributed by atoms with E-state index in [0.717, 1.165) is 11.1 Å². The van der Waals surface area contributed by atoms with Crippen LogP contribution in [0.5, 0.6) is 0 Å². The van der Waals surface area contributed by atoms with E-state index in [9.17, 15) is 19.2 Å². The summed E-state index contributed by atoms with van der Waals surface area (Å²) >= 11 is 0. The summed E-state index contributed by atoms with van der Waals surface area (Å²) in [5.41, 5.74) is 12.8. The van der Waals surface area contributed by atoms with Gasteiger partial charge in [0.25, 0.3) is 0 Å². The van der Waals surface area contributed by atoms with Crippen molar-refractivity contribution in [1.82, 2.24) is 10.6 Å². The van der Waals surface area contributed by atoms with Gasteiger partial charge in [-0.25, -0.2) is 0 Å². The van der Waals surface area contributed by atoms with Crippen LogP contribution in [0.2, 0.25) is 0 Å². The summed E-state index contributed by atoms with van der Waals surface area (Å²) < 4.78 is 5.43. The molecular formula is C30H42N4O5. The average Bonchev–Trinajstić information content (AvgIpc) is 2.91. The molecule has 0 unspecified atom stereocenters. The SMILES string of the molecule is CC(C)C[C@H](NC(=O)[C@@H](CC(=O)OCc1ccccc1)Cc1ccccc1)C(=O)N[C@@H](CCCCN)C(N)=O. The average molecular weight is 539 g/mol. The number of nitrogens with one attached hydrogen (secondary N) is 2. The maximum absolute atomic E-state index is 13.5. The Balaban J connectivity index is 2.13. The number of ether oxygens (including phenoxy) is 1. The molecule has 0 aromatic heterocycles. The number of carbonyl (C=O) groups excluding carboxylic acids is 4.